The Morgan fingerprint density at radius 2 is 2.18 bits per heavy atom. The zero-order valence-electron chi connectivity index (χ0n) is 7.26. The Labute approximate surface area is 67.2 Å². The van der Waals surface area contributed by atoms with Crippen LogP contribution >= 0.6 is 0 Å². The summed E-state index contributed by atoms with van der Waals surface area (Å²) in [5.41, 5.74) is 4.52. The van der Waals surface area contributed by atoms with E-state index in [2.05, 4.69) is 0 Å². The molecule has 0 rings (SSSR count). The molecule has 1 amide bonds. The molecular weight excluding hydrogens is 142 g/mol. The van der Waals surface area contributed by atoms with Crippen LogP contribution in [-0.2, 0) is 9.53 Å². The summed E-state index contributed by atoms with van der Waals surface area (Å²) in [4.78, 5) is 10.3. The van der Waals surface area contributed by atoms with Gasteiger partial charge in [-0.05, 0) is 26.8 Å². The molecule has 11 heavy (non-hydrogen) atoms. The van der Waals surface area contributed by atoms with Crippen LogP contribution in [0.25, 0.3) is 0 Å². The fourth-order valence-corrected chi connectivity index (χ4v) is 0.703. The van der Waals surface area contributed by atoms with E-state index in [1.54, 1.807) is 6.08 Å². The third-order valence-corrected chi connectivity index (χ3v) is 1.17. The molecule has 0 spiro atoms. The average molecular weight is 157 g/mol. The highest BCUT2D eigenvalue weighted by Crippen LogP contribution is 2.09. The van der Waals surface area contributed by atoms with Crippen molar-refractivity contribution in [3.05, 3.63) is 12.2 Å². The number of hydrogen-bond acceptors (Lipinski definition) is 2. The third-order valence-electron chi connectivity index (χ3n) is 1.17. The van der Waals surface area contributed by atoms with Crippen molar-refractivity contribution in [1.29, 1.82) is 0 Å². The van der Waals surface area contributed by atoms with Crippen molar-refractivity contribution in [2.75, 3.05) is 6.61 Å². The number of ether oxygens (including phenoxy) is 1. The van der Waals surface area contributed by atoms with Crippen molar-refractivity contribution in [3.8, 4) is 0 Å². The van der Waals surface area contributed by atoms with Gasteiger partial charge in [0.05, 0.1) is 5.60 Å². The van der Waals surface area contributed by atoms with Gasteiger partial charge >= 0.3 is 0 Å². The van der Waals surface area contributed by atoms with Crippen LogP contribution in [0.5, 0.6) is 0 Å². The zero-order chi connectivity index (χ0) is 8.91. The smallest absolute Gasteiger partial charge is 0.241 e. The average Bonchev–Trinajstić information content (AvgIpc) is 1.84. The van der Waals surface area contributed by atoms with Crippen molar-refractivity contribution >= 4 is 5.91 Å². The highest BCUT2D eigenvalue weighted by atomic mass is 16.5. The molecule has 0 aromatic heterocycles. The topological polar surface area (TPSA) is 52.3 Å². The summed E-state index contributed by atoms with van der Waals surface area (Å²) in [6.45, 7) is 6.27. The van der Waals surface area contributed by atoms with E-state index in [4.69, 9.17) is 10.5 Å². The van der Waals surface area contributed by atoms with Gasteiger partial charge in [-0.3, -0.25) is 4.79 Å². The number of carbonyl (C=O) groups is 1. The normalized spacial score (nSPS) is 12.3. The number of primary amides is 1. The lowest BCUT2D eigenvalue weighted by Crippen LogP contribution is -2.22. The molecule has 0 saturated heterocycles. The van der Waals surface area contributed by atoms with Crippen molar-refractivity contribution in [3.63, 3.8) is 0 Å². The molecular formula is C8H15NO2. The van der Waals surface area contributed by atoms with Crippen LogP contribution in [0.2, 0.25) is 0 Å². The number of rotatable bonds is 4. The first-order chi connectivity index (χ1) is 4.98. The second-order valence-corrected chi connectivity index (χ2v) is 2.77. The highest BCUT2D eigenvalue weighted by molar-refractivity contribution is 5.85. The van der Waals surface area contributed by atoms with Crippen LogP contribution in [0, 0.1) is 0 Å². The van der Waals surface area contributed by atoms with Crippen LogP contribution in [-0.4, -0.2) is 18.1 Å². The number of hydrogen-bond donors (Lipinski definition) is 1. The summed E-state index contributed by atoms with van der Waals surface area (Å²) < 4.78 is 5.29. The maximum atomic E-state index is 10.3. The van der Waals surface area contributed by atoms with E-state index in [-0.39, 0.29) is 0 Å². The van der Waals surface area contributed by atoms with Gasteiger partial charge in [-0.2, -0.15) is 0 Å². The van der Waals surface area contributed by atoms with Gasteiger partial charge in [-0.15, -0.1) is 0 Å². The highest BCUT2D eigenvalue weighted by Gasteiger charge is 2.12. The molecule has 0 aromatic carbocycles. The summed E-state index contributed by atoms with van der Waals surface area (Å²) in [6.07, 6.45) is 2.97. The van der Waals surface area contributed by atoms with E-state index in [1.165, 1.54) is 6.08 Å². The van der Waals surface area contributed by atoms with Gasteiger partial charge < -0.3 is 10.5 Å². The molecule has 0 unspecified atom stereocenters. The second kappa shape index (κ2) is 4.13. The van der Waals surface area contributed by atoms with Gasteiger partial charge in [0.25, 0.3) is 0 Å². The molecule has 3 nitrogen and oxygen atoms in total. The summed E-state index contributed by atoms with van der Waals surface area (Å²) in [5, 5.41) is 0. The van der Waals surface area contributed by atoms with Crippen molar-refractivity contribution in [1.82, 2.24) is 0 Å². The Morgan fingerprint density at radius 1 is 1.64 bits per heavy atom. The first kappa shape index (κ1) is 10.2. The maximum Gasteiger partial charge on any atom is 0.241 e. The van der Waals surface area contributed by atoms with Crippen molar-refractivity contribution in [2.24, 2.45) is 5.73 Å². The molecule has 0 radical (unpaired) electrons. The first-order valence-electron chi connectivity index (χ1n) is 3.60. The maximum absolute atomic E-state index is 10.3. The third kappa shape index (κ3) is 5.61. The molecule has 0 bridgehead atoms. The molecule has 0 aliphatic carbocycles. The molecule has 0 saturated carbocycles. The van der Waals surface area contributed by atoms with Gasteiger partial charge in [-0.1, -0.05) is 0 Å². The number of nitrogens with two attached hydrogens (primary N) is 1. The van der Waals surface area contributed by atoms with Gasteiger partial charge in [0.1, 0.15) is 0 Å². The minimum Gasteiger partial charge on any atom is -0.372 e. The molecule has 2 N–H and O–H groups in total. The van der Waals surface area contributed by atoms with E-state index >= 15 is 0 Å². The minimum atomic E-state index is -0.447. The SMILES string of the molecule is CCOC(C)(C)C=CC(N)=O. The molecule has 0 fully saturated rings. The van der Waals surface area contributed by atoms with Crippen molar-refractivity contribution < 1.29 is 9.53 Å². The summed E-state index contributed by atoms with van der Waals surface area (Å²) >= 11 is 0. The Bertz CT molecular complexity index is 161. The largest absolute Gasteiger partial charge is 0.372 e. The summed E-state index contributed by atoms with van der Waals surface area (Å²) in [6, 6.07) is 0. The molecule has 0 atom stereocenters. The fraction of sp³-hybridized carbons (Fsp3) is 0.625. The minimum absolute atomic E-state index is 0.399. The Kier molecular flexibility index (Phi) is 3.82. The Morgan fingerprint density at radius 3 is 2.55 bits per heavy atom. The molecule has 0 aromatic rings. The Balaban J connectivity index is 3.99. The van der Waals surface area contributed by atoms with Crippen LogP contribution in [0.3, 0.4) is 0 Å². The van der Waals surface area contributed by atoms with E-state index in [0.29, 0.717) is 6.61 Å². The predicted molar refractivity (Wildman–Crippen MR) is 44.0 cm³/mol. The standard InChI is InChI=1S/C8H15NO2/c1-4-11-8(2,3)6-5-7(9)10/h5-6H,4H2,1-3H3,(H2,9,10). The predicted octanol–water partition coefficient (Wildman–Crippen LogP) is 0.843. The van der Waals surface area contributed by atoms with Crippen LogP contribution in [0.1, 0.15) is 20.8 Å². The lowest BCUT2D eigenvalue weighted by Gasteiger charge is -2.19. The van der Waals surface area contributed by atoms with Gasteiger partial charge in [0.15, 0.2) is 0 Å². The van der Waals surface area contributed by atoms with E-state index in [1.807, 2.05) is 20.8 Å². The van der Waals surface area contributed by atoms with Crippen molar-refractivity contribution in [2.45, 2.75) is 26.4 Å². The van der Waals surface area contributed by atoms with Crippen LogP contribution in [0.15, 0.2) is 12.2 Å². The summed E-state index contributed by atoms with van der Waals surface area (Å²) in [5.74, 6) is -0.447. The lowest BCUT2D eigenvalue weighted by molar-refractivity contribution is -0.113. The first-order valence-corrected chi connectivity index (χ1v) is 3.60. The molecule has 3 heteroatoms. The quantitative estimate of drug-likeness (QED) is 0.615. The molecule has 0 heterocycles. The van der Waals surface area contributed by atoms with Crippen LogP contribution < -0.4 is 5.73 Å². The van der Waals surface area contributed by atoms with Gasteiger partial charge in [-0.25, -0.2) is 0 Å². The molecule has 64 valence electrons. The van der Waals surface area contributed by atoms with Gasteiger partial charge in [0.2, 0.25) is 5.91 Å². The van der Waals surface area contributed by atoms with E-state index in [0.717, 1.165) is 0 Å². The number of carbonyl (C=O) groups excluding carboxylic acids is 1. The monoisotopic (exact) mass is 157 g/mol. The van der Waals surface area contributed by atoms with Gasteiger partial charge in [0, 0.05) is 12.7 Å². The molecule has 0 aliphatic rings. The van der Waals surface area contributed by atoms with E-state index in [9.17, 15) is 4.79 Å². The molecule has 0 aliphatic heterocycles. The van der Waals surface area contributed by atoms with Crippen LogP contribution in [0.4, 0.5) is 0 Å². The Hall–Kier alpha value is -0.830. The summed E-state index contributed by atoms with van der Waals surface area (Å²) in [7, 11) is 0. The van der Waals surface area contributed by atoms with E-state index < -0.39 is 11.5 Å². The second-order valence-electron chi connectivity index (χ2n) is 2.77. The zero-order valence-corrected chi connectivity index (χ0v) is 7.26. The fourth-order valence-electron chi connectivity index (χ4n) is 0.703. The number of amides is 1. The lowest BCUT2D eigenvalue weighted by atomic mass is 10.1.